The van der Waals surface area contributed by atoms with E-state index < -0.39 is 5.97 Å². The number of carbonyl (C=O) groups is 1. The van der Waals surface area contributed by atoms with E-state index in [4.69, 9.17) is 0 Å². The van der Waals surface area contributed by atoms with E-state index in [1.165, 1.54) is 7.11 Å². The summed E-state index contributed by atoms with van der Waals surface area (Å²) in [5, 5.41) is 1.28. The summed E-state index contributed by atoms with van der Waals surface area (Å²) in [4.78, 5) is 25.2. The van der Waals surface area contributed by atoms with Gasteiger partial charge in [0.15, 0.2) is 0 Å². The molecule has 1 aromatic heterocycles. The number of ether oxygens (including phenoxy) is 1. The summed E-state index contributed by atoms with van der Waals surface area (Å²) in [5.41, 5.74) is -0.116. The van der Waals surface area contributed by atoms with E-state index in [1.807, 2.05) is 6.07 Å². The molecule has 1 N–H and O–H groups in total. The Hall–Kier alpha value is -2.10. The normalized spacial score (nSPS) is 10.2. The molecule has 0 atom stereocenters. The Morgan fingerprint density at radius 2 is 2.07 bits per heavy atom. The Morgan fingerprint density at radius 3 is 2.80 bits per heavy atom. The molecule has 0 fully saturated rings. The third-order valence-electron chi connectivity index (χ3n) is 2.16. The molecule has 0 amide bonds. The average Bonchev–Trinajstić information content (AvgIpc) is 2.28. The molecule has 0 radical (unpaired) electrons. The third-order valence-corrected chi connectivity index (χ3v) is 2.16. The zero-order chi connectivity index (χ0) is 10.8. The topological polar surface area (TPSA) is 59.2 Å². The maximum Gasteiger partial charge on any atom is 0.354 e. The summed E-state index contributed by atoms with van der Waals surface area (Å²) in [5.74, 6) is -0.544. The number of nitrogens with one attached hydrogen (secondary N) is 1. The van der Waals surface area contributed by atoms with E-state index in [0.29, 0.717) is 5.39 Å². The first-order valence-electron chi connectivity index (χ1n) is 4.43. The lowest BCUT2D eigenvalue weighted by atomic mass is 10.1. The van der Waals surface area contributed by atoms with Crippen molar-refractivity contribution in [2.75, 3.05) is 7.11 Å². The van der Waals surface area contributed by atoms with Crippen LogP contribution in [-0.4, -0.2) is 18.1 Å². The van der Waals surface area contributed by atoms with Crippen molar-refractivity contribution in [2.45, 2.75) is 0 Å². The van der Waals surface area contributed by atoms with Crippen LogP contribution in [0, 0.1) is 0 Å². The van der Waals surface area contributed by atoms with E-state index in [0.717, 1.165) is 5.39 Å². The van der Waals surface area contributed by atoms with Gasteiger partial charge in [0, 0.05) is 5.39 Å². The van der Waals surface area contributed by atoms with Gasteiger partial charge in [-0.2, -0.15) is 0 Å². The molecule has 2 aromatic rings. The summed E-state index contributed by atoms with van der Waals surface area (Å²) in [6.45, 7) is 0. The molecule has 0 bridgehead atoms. The van der Waals surface area contributed by atoms with E-state index in [2.05, 4.69) is 9.72 Å². The molecule has 4 nitrogen and oxygen atoms in total. The maximum absolute atomic E-state index is 11.6. The van der Waals surface area contributed by atoms with Gasteiger partial charge in [-0.25, -0.2) is 4.79 Å². The standard InChI is InChI=1S/C11H9NO3/c1-15-11(14)9-6-7-4-2-3-5-8(7)10(13)12-9/h2-6H,1H3,(H,12,13). The summed E-state index contributed by atoms with van der Waals surface area (Å²) in [7, 11) is 1.27. The Balaban J connectivity index is 2.73. The predicted molar refractivity (Wildman–Crippen MR) is 55.9 cm³/mol. The lowest BCUT2D eigenvalue weighted by molar-refractivity contribution is 0.0594. The number of esters is 1. The number of aromatic nitrogens is 1. The molecule has 1 heterocycles. The van der Waals surface area contributed by atoms with Gasteiger partial charge in [-0.3, -0.25) is 4.79 Å². The quantitative estimate of drug-likeness (QED) is 0.711. The van der Waals surface area contributed by atoms with Gasteiger partial charge in [0.05, 0.1) is 7.11 Å². The minimum atomic E-state index is -0.544. The summed E-state index contributed by atoms with van der Waals surface area (Å²) in [6.07, 6.45) is 0. The first kappa shape index (κ1) is 9.45. The van der Waals surface area contributed by atoms with Gasteiger partial charge in [0.25, 0.3) is 5.56 Å². The highest BCUT2D eigenvalue weighted by Crippen LogP contribution is 2.09. The zero-order valence-corrected chi connectivity index (χ0v) is 8.11. The minimum Gasteiger partial charge on any atom is -0.464 e. The van der Waals surface area contributed by atoms with Crippen molar-refractivity contribution in [3.8, 4) is 0 Å². The number of hydrogen-bond donors (Lipinski definition) is 1. The molecule has 0 aliphatic carbocycles. The van der Waals surface area contributed by atoms with Gasteiger partial charge in [0.1, 0.15) is 5.69 Å². The second-order valence-electron chi connectivity index (χ2n) is 3.09. The first-order valence-corrected chi connectivity index (χ1v) is 4.43. The lowest BCUT2D eigenvalue weighted by Gasteiger charge is -2.01. The number of pyridine rings is 1. The molecule has 1 aromatic carbocycles. The largest absolute Gasteiger partial charge is 0.464 e. The van der Waals surface area contributed by atoms with Crippen LogP contribution in [-0.2, 0) is 4.74 Å². The van der Waals surface area contributed by atoms with Crippen LogP contribution in [0.4, 0.5) is 0 Å². The smallest absolute Gasteiger partial charge is 0.354 e. The summed E-state index contributed by atoms with van der Waals surface area (Å²) < 4.78 is 4.53. The van der Waals surface area contributed by atoms with Crippen LogP contribution in [0.2, 0.25) is 0 Å². The molecule has 0 saturated heterocycles. The number of benzene rings is 1. The van der Waals surface area contributed by atoms with Gasteiger partial charge in [-0.15, -0.1) is 0 Å². The second-order valence-corrected chi connectivity index (χ2v) is 3.09. The van der Waals surface area contributed by atoms with Crippen LogP contribution in [0.3, 0.4) is 0 Å². The van der Waals surface area contributed by atoms with Gasteiger partial charge in [-0.05, 0) is 17.5 Å². The molecule has 76 valence electrons. The molecule has 0 aliphatic rings. The van der Waals surface area contributed by atoms with Crippen LogP contribution in [0.15, 0.2) is 35.1 Å². The number of hydrogen-bond acceptors (Lipinski definition) is 3. The van der Waals surface area contributed by atoms with Crippen molar-refractivity contribution >= 4 is 16.7 Å². The predicted octanol–water partition coefficient (Wildman–Crippen LogP) is 1.31. The molecule has 0 spiro atoms. The van der Waals surface area contributed by atoms with Crippen LogP contribution in [0.1, 0.15) is 10.5 Å². The number of fused-ring (bicyclic) bond motifs is 1. The molecular formula is C11H9NO3. The number of methoxy groups -OCH3 is 1. The molecule has 2 rings (SSSR count). The Morgan fingerprint density at radius 1 is 1.33 bits per heavy atom. The van der Waals surface area contributed by atoms with Crippen LogP contribution < -0.4 is 5.56 Å². The summed E-state index contributed by atoms with van der Waals surface area (Å²) in [6, 6.07) is 8.66. The van der Waals surface area contributed by atoms with Crippen molar-refractivity contribution in [1.29, 1.82) is 0 Å². The first-order chi connectivity index (χ1) is 7.22. The van der Waals surface area contributed by atoms with E-state index in [1.54, 1.807) is 24.3 Å². The number of rotatable bonds is 1. The van der Waals surface area contributed by atoms with Crippen molar-refractivity contribution < 1.29 is 9.53 Å². The molecule has 15 heavy (non-hydrogen) atoms. The monoisotopic (exact) mass is 203 g/mol. The van der Waals surface area contributed by atoms with Gasteiger partial charge >= 0.3 is 5.97 Å². The van der Waals surface area contributed by atoms with Crippen LogP contribution >= 0.6 is 0 Å². The van der Waals surface area contributed by atoms with Crippen molar-refractivity contribution in [3.63, 3.8) is 0 Å². The molecule has 0 aliphatic heterocycles. The van der Waals surface area contributed by atoms with Crippen molar-refractivity contribution in [1.82, 2.24) is 4.98 Å². The van der Waals surface area contributed by atoms with E-state index in [9.17, 15) is 9.59 Å². The second kappa shape index (κ2) is 3.57. The van der Waals surface area contributed by atoms with Crippen molar-refractivity contribution in [2.24, 2.45) is 0 Å². The lowest BCUT2D eigenvalue weighted by Crippen LogP contribution is -2.14. The number of carbonyl (C=O) groups excluding carboxylic acids is 1. The molecule has 0 unspecified atom stereocenters. The van der Waals surface area contributed by atoms with E-state index >= 15 is 0 Å². The zero-order valence-electron chi connectivity index (χ0n) is 8.11. The van der Waals surface area contributed by atoms with Crippen LogP contribution in [0.5, 0.6) is 0 Å². The Labute approximate surface area is 85.5 Å². The number of aromatic amines is 1. The van der Waals surface area contributed by atoms with Crippen molar-refractivity contribution in [3.05, 3.63) is 46.4 Å². The fourth-order valence-corrected chi connectivity index (χ4v) is 1.43. The van der Waals surface area contributed by atoms with E-state index in [-0.39, 0.29) is 11.3 Å². The molecular weight excluding hydrogens is 194 g/mol. The highest BCUT2D eigenvalue weighted by atomic mass is 16.5. The maximum atomic E-state index is 11.6. The van der Waals surface area contributed by atoms with Gasteiger partial charge < -0.3 is 9.72 Å². The highest BCUT2D eigenvalue weighted by molar-refractivity contribution is 5.92. The Kier molecular flexibility index (Phi) is 2.25. The SMILES string of the molecule is COC(=O)c1cc2ccccc2c(=O)[nH]1. The van der Waals surface area contributed by atoms with Gasteiger partial charge in [-0.1, -0.05) is 18.2 Å². The minimum absolute atomic E-state index is 0.168. The Bertz CT molecular complexity index is 571. The number of H-pyrrole nitrogens is 1. The highest BCUT2D eigenvalue weighted by Gasteiger charge is 2.08. The fourth-order valence-electron chi connectivity index (χ4n) is 1.43. The van der Waals surface area contributed by atoms with Crippen LogP contribution in [0.25, 0.3) is 10.8 Å². The molecule has 0 saturated carbocycles. The average molecular weight is 203 g/mol. The van der Waals surface area contributed by atoms with Gasteiger partial charge in [0.2, 0.25) is 0 Å². The molecule has 4 heteroatoms. The third kappa shape index (κ3) is 1.61. The summed E-state index contributed by atoms with van der Waals surface area (Å²) >= 11 is 0. The fraction of sp³-hybridized carbons (Fsp3) is 0.0909.